The fraction of sp³-hybridized carbons (Fsp3) is 0.750. The van der Waals surface area contributed by atoms with Crippen LogP contribution in [0.2, 0.25) is 0 Å². The molecule has 1 rings (SSSR count). The van der Waals surface area contributed by atoms with E-state index in [0.29, 0.717) is 0 Å². The molecule has 1 unspecified atom stereocenters. The van der Waals surface area contributed by atoms with Gasteiger partial charge in [0.05, 0.1) is 11.4 Å². The highest BCUT2D eigenvalue weighted by Crippen LogP contribution is 2.17. The van der Waals surface area contributed by atoms with Gasteiger partial charge >= 0.3 is 0 Å². The van der Waals surface area contributed by atoms with E-state index in [1.807, 2.05) is 18.7 Å². The highest BCUT2D eigenvalue weighted by Gasteiger charge is 2.10. The molecule has 1 heterocycles. The van der Waals surface area contributed by atoms with E-state index in [0.717, 1.165) is 17.8 Å². The first-order valence-electron chi connectivity index (χ1n) is 5.91. The molecule has 3 nitrogen and oxygen atoms in total. The standard InChI is InChI=1S/C12H23N3/c1-4-5-6-7-8-11(13)12-9-10(2)14-15(12)3/h9,11H,4-8,13H2,1-3H3. The molecule has 0 saturated carbocycles. The molecule has 0 aromatic carbocycles. The van der Waals surface area contributed by atoms with E-state index in [1.165, 1.54) is 25.7 Å². The Hall–Kier alpha value is -0.830. The molecule has 0 fully saturated rings. The lowest BCUT2D eigenvalue weighted by atomic mass is 10.1. The quantitative estimate of drug-likeness (QED) is 0.732. The third kappa shape index (κ3) is 3.67. The zero-order valence-electron chi connectivity index (χ0n) is 10.2. The molecule has 0 aliphatic carbocycles. The number of unbranched alkanes of at least 4 members (excludes halogenated alkanes) is 3. The molecule has 0 radical (unpaired) electrons. The van der Waals surface area contributed by atoms with Gasteiger partial charge in [-0.05, 0) is 19.4 Å². The largest absolute Gasteiger partial charge is 0.323 e. The summed E-state index contributed by atoms with van der Waals surface area (Å²) in [6.45, 7) is 4.23. The van der Waals surface area contributed by atoms with Gasteiger partial charge < -0.3 is 5.73 Å². The van der Waals surface area contributed by atoms with Gasteiger partial charge in [0.15, 0.2) is 0 Å². The fourth-order valence-electron chi connectivity index (χ4n) is 1.92. The molecule has 0 amide bonds. The minimum absolute atomic E-state index is 0.146. The van der Waals surface area contributed by atoms with Crippen LogP contribution in [-0.2, 0) is 7.05 Å². The Morgan fingerprint density at radius 3 is 2.67 bits per heavy atom. The van der Waals surface area contributed by atoms with Crippen LogP contribution in [0, 0.1) is 6.92 Å². The van der Waals surface area contributed by atoms with Crippen LogP contribution in [-0.4, -0.2) is 9.78 Å². The van der Waals surface area contributed by atoms with Crippen molar-refractivity contribution >= 4 is 0 Å². The highest BCUT2D eigenvalue weighted by molar-refractivity contribution is 5.12. The van der Waals surface area contributed by atoms with Crippen LogP contribution in [0.5, 0.6) is 0 Å². The van der Waals surface area contributed by atoms with Crippen LogP contribution >= 0.6 is 0 Å². The molecule has 0 aliphatic heterocycles. The van der Waals surface area contributed by atoms with E-state index in [1.54, 1.807) is 0 Å². The zero-order valence-corrected chi connectivity index (χ0v) is 10.2. The van der Waals surface area contributed by atoms with Gasteiger partial charge in [0.25, 0.3) is 0 Å². The first kappa shape index (κ1) is 12.2. The van der Waals surface area contributed by atoms with Crippen LogP contribution in [0.25, 0.3) is 0 Å². The van der Waals surface area contributed by atoms with Crippen molar-refractivity contribution in [2.75, 3.05) is 0 Å². The van der Waals surface area contributed by atoms with Crippen molar-refractivity contribution in [1.82, 2.24) is 9.78 Å². The summed E-state index contributed by atoms with van der Waals surface area (Å²) in [5, 5.41) is 4.31. The Bertz CT molecular complexity index is 291. The normalized spacial score (nSPS) is 13.1. The van der Waals surface area contributed by atoms with Gasteiger partial charge in [0.2, 0.25) is 0 Å². The second-order valence-corrected chi connectivity index (χ2v) is 4.29. The predicted octanol–water partition coefficient (Wildman–Crippen LogP) is 2.70. The van der Waals surface area contributed by atoms with E-state index >= 15 is 0 Å². The van der Waals surface area contributed by atoms with Gasteiger partial charge in [-0.25, -0.2) is 0 Å². The minimum Gasteiger partial charge on any atom is -0.323 e. The topological polar surface area (TPSA) is 43.8 Å². The van der Waals surface area contributed by atoms with Gasteiger partial charge in [-0.1, -0.05) is 32.6 Å². The van der Waals surface area contributed by atoms with Crippen LogP contribution in [0.15, 0.2) is 6.07 Å². The van der Waals surface area contributed by atoms with Crippen molar-refractivity contribution in [3.8, 4) is 0 Å². The SMILES string of the molecule is CCCCCCC(N)c1cc(C)nn1C. The number of nitrogens with zero attached hydrogens (tertiary/aromatic N) is 2. The number of hydrogen-bond donors (Lipinski definition) is 1. The Kier molecular flexibility index (Phi) is 4.82. The number of nitrogens with two attached hydrogens (primary N) is 1. The summed E-state index contributed by atoms with van der Waals surface area (Å²) in [4.78, 5) is 0. The molecule has 0 spiro atoms. The van der Waals surface area contributed by atoms with Crippen LogP contribution in [0.1, 0.15) is 56.5 Å². The van der Waals surface area contributed by atoms with Gasteiger partial charge in [-0.2, -0.15) is 5.10 Å². The zero-order chi connectivity index (χ0) is 11.3. The Morgan fingerprint density at radius 1 is 1.40 bits per heavy atom. The summed E-state index contributed by atoms with van der Waals surface area (Å²) < 4.78 is 1.90. The number of aryl methyl sites for hydroxylation is 2. The average Bonchev–Trinajstić information content (AvgIpc) is 2.52. The van der Waals surface area contributed by atoms with Gasteiger partial charge in [-0.3, -0.25) is 4.68 Å². The van der Waals surface area contributed by atoms with Gasteiger partial charge in [0, 0.05) is 13.1 Å². The molecule has 2 N–H and O–H groups in total. The third-order valence-electron chi connectivity index (χ3n) is 2.79. The highest BCUT2D eigenvalue weighted by atomic mass is 15.3. The van der Waals surface area contributed by atoms with Crippen molar-refractivity contribution in [3.63, 3.8) is 0 Å². The molecular formula is C12H23N3. The first-order chi connectivity index (χ1) is 7.15. The lowest BCUT2D eigenvalue weighted by Crippen LogP contribution is -2.14. The maximum absolute atomic E-state index is 6.13. The second-order valence-electron chi connectivity index (χ2n) is 4.29. The molecule has 1 aromatic rings. The van der Waals surface area contributed by atoms with E-state index in [9.17, 15) is 0 Å². The van der Waals surface area contributed by atoms with Gasteiger partial charge in [0.1, 0.15) is 0 Å². The smallest absolute Gasteiger partial charge is 0.0597 e. The Balaban J connectivity index is 2.39. The number of rotatable bonds is 6. The average molecular weight is 209 g/mol. The Labute approximate surface area is 92.7 Å². The summed E-state index contributed by atoms with van der Waals surface area (Å²) >= 11 is 0. The van der Waals surface area contributed by atoms with E-state index in [4.69, 9.17) is 5.73 Å². The van der Waals surface area contributed by atoms with E-state index < -0.39 is 0 Å². The summed E-state index contributed by atoms with van der Waals surface area (Å²) in [6.07, 6.45) is 6.18. The van der Waals surface area contributed by atoms with Gasteiger partial charge in [-0.15, -0.1) is 0 Å². The predicted molar refractivity (Wildman–Crippen MR) is 63.6 cm³/mol. The number of aromatic nitrogens is 2. The van der Waals surface area contributed by atoms with E-state index in [-0.39, 0.29) is 6.04 Å². The maximum atomic E-state index is 6.13. The second kappa shape index (κ2) is 5.91. The Morgan fingerprint density at radius 2 is 2.13 bits per heavy atom. The third-order valence-corrected chi connectivity index (χ3v) is 2.79. The minimum atomic E-state index is 0.146. The first-order valence-corrected chi connectivity index (χ1v) is 5.91. The van der Waals surface area contributed by atoms with Crippen molar-refractivity contribution in [2.45, 2.75) is 52.0 Å². The molecule has 15 heavy (non-hydrogen) atoms. The van der Waals surface area contributed by atoms with Crippen LogP contribution in [0.4, 0.5) is 0 Å². The van der Waals surface area contributed by atoms with E-state index in [2.05, 4.69) is 18.1 Å². The molecule has 3 heteroatoms. The van der Waals surface area contributed by atoms with Crippen molar-refractivity contribution in [2.24, 2.45) is 12.8 Å². The molecule has 0 saturated heterocycles. The number of hydrogen-bond acceptors (Lipinski definition) is 2. The molecule has 1 atom stereocenters. The summed E-state index contributed by atoms with van der Waals surface area (Å²) in [6, 6.07) is 2.23. The van der Waals surface area contributed by atoms with Crippen molar-refractivity contribution in [1.29, 1.82) is 0 Å². The van der Waals surface area contributed by atoms with Crippen molar-refractivity contribution < 1.29 is 0 Å². The summed E-state index contributed by atoms with van der Waals surface area (Å²) in [5.74, 6) is 0. The lowest BCUT2D eigenvalue weighted by Gasteiger charge is -2.11. The fourth-order valence-corrected chi connectivity index (χ4v) is 1.92. The molecule has 0 bridgehead atoms. The molecule has 0 aliphatic rings. The molecular weight excluding hydrogens is 186 g/mol. The maximum Gasteiger partial charge on any atom is 0.0597 e. The monoisotopic (exact) mass is 209 g/mol. The van der Waals surface area contributed by atoms with Crippen LogP contribution in [0.3, 0.4) is 0 Å². The summed E-state index contributed by atoms with van der Waals surface area (Å²) in [7, 11) is 1.97. The molecule has 1 aromatic heterocycles. The summed E-state index contributed by atoms with van der Waals surface area (Å²) in [5.41, 5.74) is 8.34. The van der Waals surface area contributed by atoms with Crippen LogP contribution < -0.4 is 5.73 Å². The lowest BCUT2D eigenvalue weighted by molar-refractivity contribution is 0.533. The van der Waals surface area contributed by atoms with Crippen molar-refractivity contribution in [3.05, 3.63) is 17.5 Å². The molecule has 86 valence electrons.